The predicted molar refractivity (Wildman–Crippen MR) is 91.3 cm³/mol. The molecule has 0 radical (unpaired) electrons. The highest BCUT2D eigenvalue weighted by molar-refractivity contribution is 5.78. The number of benzene rings is 2. The molecule has 1 N–H and O–H groups in total. The monoisotopic (exact) mass is 326 g/mol. The van der Waals surface area contributed by atoms with Gasteiger partial charge >= 0.3 is 0 Å². The molecule has 0 aliphatic heterocycles. The highest BCUT2D eigenvalue weighted by Crippen LogP contribution is 2.24. The molecule has 0 spiro atoms. The van der Waals surface area contributed by atoms with Gasteiger partial charge in [0.1, 0.15) is 23.7 Å². The van der Waals surface area contributed by atoms with Crippen molar-refractivity contribution in [3.05, 3.63) is 64.8 Å². The van der Waals surface area contributed by atoms with Crippen LogP contribution in [-0.2, 0) is 4.74 Å². The van der Waals surface area contributed by atoms with Crippen LogP contribution in [0.25, 0.3) is 22.3 Å². The smallest absolute Gasteiger partial charge is 0.193 e. The Morgan fingerprint density at radius 1 is 0.958 bits per heavy atom. The van der Waals surface area contributed by atoms with E-state index >= 15 is 0 Å². The first-order valence-electron chi connectivity index (χ1n) is 7.72. The van der Waals surface area contributed by atoms with E-state index in [1.807, 2.05) is 36.4 Å². The number of para-hydroxylation sites is 1. The van der Waals surface area contributed by atoms with Crippen molar-refractivity contribution in [2.24, 2.45) is 0 Å². The van der Waals surface area contributed by atoms with E-state index in [1.165, 1.54) is 6.07 Å². The summed E-state index contributed by atoms with van der Waals surface area (Å²) < 4.78 is 16.5. The number of rotatable bonds is 7. The third kappa shape index (κ3) is 3.82. The second-order valence-corrected chi connectivity index (χ2v) is 5.18. The Labute approximate surface area is 139 Å². The Hall–Kier alpha value is -2.63. The van der Waals surface area contributed by atoms with Gasteiger partial charge in [0.15, 0.2) is 5.43 Å². The SMILES string of the molecule is O=c1cc(-c2ccc(OCCOCCO)cc2)oc2ccccc12. The van der Waals surface area contributed by atoms with Crippen LogP contribution < -0.4 is 10.2 Å². The molecule has 1 aromatic heterocycles. The summed E-state index contributed by atoms with van der Waals surface area (Å²) in [7, 11) is 0. The number of aliphatic hydroxyl groups is 1. The van der Waals surface area contributed by atoms with Crippen molar-refractivity contribution in [3.63, 3.8) is 0 Å². The van der Waals surface area contributed by atoms with Crippen LogP contribution in [0.5, 0.6) is 5.75 Å². The van der Waals surface area contributed by atoms with E-state index in [1.54, 1.807) is 12.1 Å². The summed E-state index contributed by atoms with van der Waals surface area (Å²) in [6.45, 7) is 1.14. The lowest BCUT2D eigenvalue weighted by atomic mass is 10.1. The quantitative estimate of drug-likeness (QED) is 0.676. The Balaban J connectivity index is 1.73. The number of hydrogen-bond donors (Lipinski definition) is 1. The molecule has 5 heteroatoms. The largest absolute Gasteiger partial charge is 0.491 e. The van der Waals surface area contributed by atoms with Gasteiger partial charge in [-0.15, -0.1) is 0 Å². The van der Waals surface area contributed by atoms with Gasteiger partial charge < -0.3 is 19.0 Å². The summed E-state index contributed by atoms with van der Waals surface area (Å²) in [5.74, 6) is 1.23. The van der Waals surface area contributed by atoms with Gasteiger partial charge in [0, 0.05) is 11.6 Å². The molecule has 0 aliphatic carbocycles. The molecule has 124 valence electrons. The minimum atomic E-state index is -0.0618. The lowest BCUT2D eigenvalue weighted by Gasteiger charge is -2.08. The lowest BCUT2D eigenvalue weighted by Crippen LogP contribution is -2.09. The van der Waals surface area contributed by atoms with E-state index in [2.05, 4.69) is 0 Å². The molecule has 0 amide bonds. The maximum absolute atomic E-state index is 12.2. The van der Waals surface area contributed by atoms with Crippen molar-refractivity contribution in [3.8, 4) is 17.1 Å². The van der Waals surface area contributed by atoms with E-state index in [0.29, 0.717) is 42.3 Å². The normalized spacial score (nSPS) is 10.9. The van der Waals surface area contributed by atoms with E-state index in [-0.39, 0.29) is 12.0 Å². The van der Waals surface area contributed by atoms with Gasteiger partial charge in [-0.3, -0.25) is 4.79 Å². The molecule has 0 fully saturated rings. The van der Waals surface area contributed by atoms with Gasteiger partial charge in [-0.2, -0.15) is 0 Å². The molecule has 5 nitrogen and oxygen atoms in total. The number of ether oxygens (including phenoxy) is 2. The summed E-state index contributed by atoms with van der Waals surface area (Å²) in [6.07, 6.45) is 0. The molecule has 0 bridgehead atoms. The zero-order chi connectivity index (χ0) is 16.8. The zero-order valence-electron chi connectivity index (χ0n) is 13.1. The van der Waals surface area contributed by atoms with E-state index in [4.69, 9.17) is 19.0 Å². The summed E-state index contributed by atoms with van der Waals surface area (Å²) in [4.78, 5) is 12.2. The van der Waals surface area contributed by atoms with Crippen LogP contribution in [0, 0.1) is 0 Å². The number of fused-ring (bicyclic) bond motifs is 1. The highest BCUT2D eigenvalue weighted by atomic mass is 16.5. The Bertz CT molecular complexity index is 852. The standard InChI is InChI=1S/C19H18O5/c20-9-10-22-11-12-23-15-7-5-14(6-8-15)19-13-17(21)16-3-1-2-4-18(16)24-19/h1-8,13,20H,9-12H2. The van der Waals surface area contributed by atoms with E-state index < -0.39 is 0 Å². The van der Waals surface area contributed by atoms with Gasteiger partial charge in [-0.25, -0.2) is 0 Å². The van der Waals surface area contributed by atoms with E-state index in [0.717, 1.165) is 5.56 Å². The maximum Gasteiger partial charge on any atom is 0.193 e. The fourth-order valence-electron chi connectivity index (χ4n) is 2.35. The van der Waals surface area contributed by atoms with Crippen LogP contribution >= 0.6 is 0 Å². The first kappa shape index (κ1) is 16.2. The van der Waals surface area contributed by atoms with Gasteiger partial charge in [0.25, 0.3) is 0 Å². The van der Waals surface area contributed by atoms with Crippen LogP contribution in [0.1, 0.15) is 0 Å². The van der Waals surface area contributed by atoms with E-state index in [9.17, 15) is 4.79 Å². The van der Waals surface area contributed by atoms with Crippen molar-refractivity contribution in [2.75, 3.05) is 26.4 Å². The molecule has 1 heterocycles. The van der Waals surface area contributed by atoms with Gasteiger partial charge in [-0.05, 0) is 36.4 Å². The van der Waals surface area contributed by atoms with Crippen molar-refractivity contribution >= 4 is 11.0 Å². The molecule has 0 atom stereocenters. The molecule has 3 rings (SSSR count). The molecule has 0 saturated heterocycles. The van der Waals surface area contributed by atoms with Gasteiger partial charge in [0.05, 0.1) is 25.2 Å². The Kier molecular flexibility index (Phi) is 5.25. The molecule has 0 saturated carbocycles. The van der Waals surface area contributed by atoms with Crippen molar-refractivity contribution in [1.82, 2.24) is 0 Å². The molecule has 2 aromatic carbocycles. The Morgan fingerprint density at radius 3 is 2.54 bits per heavy atom. The fourth-order valence-corrected chi connectivity index (χ4v) is 2.35. The minimum absolute atomic E-state index is 0.00561. The van der Waals surface area contributed by atoms with Crippen molar-refractivity contribution in [1.29, 1.82) is 0 Å². The second-order valence-electron chi connectivity index (χ2n) is 5.18. The number of hydrogen-bond acceptors (Lipinski definition) is 5. The second kappa shape index (κ2) is 7.77. The van der Waals surface area contributed by atoms with Crippen LogP contribution in [-0.4, -0.2) is 31.5 Å². The Morgan fingerprint density at radius 2 is 1.75 bits per heavy atom. The lowest BCUT2D eigenvalue weighted by molar-refractivity contribution is 0.0705. The summed E-state index contributed by atoms with van der Waals surface area (Å²) in [6, 6.07) is 16.0. The van der Waals surface area contributed by atoms with Crippen molar-refractivity contribution in [2.45, 2.75) is 0 Å². The third-order valence-corrected chi connectivity index (χ3v) is 3.51. The maximum atomic E-state index is 12.2. The van der Waals surface area contributed by atoms with Gasteiger partial charge in [-0.1, -0.05) is 12.1 Å². The molecule has 0 unspecified atom stereocenters. The average molecular weight is 326 g/mol. The molecule has 3 aromatic rings. The van der Waals surface area contributed by atoms with Crippen LogP contribution in [0.15, 0.2) is 63.8 Å². The zero-order valence-corrected chi connectivity index (χ0v) is 13.1. The summed E-state index contributed by atoms with van der Waals surface area (Å²) in [5, 5.41) is 9.18. The van der Waals surface area contributed by atoms with Crippen LogP contribution in [0.2, 0.25) is 0 Å². The molecular formula is C19H18O5. The summed E-state index contributed by atoms with van der Waals surface area (Å²) in [5.41, 5.74) is 1.32. The minimum Gasteiger partial charge on any atom is -0.491 e. The summed E-state index contributed by atoms with van der Waals surface area (Å²) >= 11 is 0. The fraction of sp³-hybridized carbons (Fsp3) is 0.211. The predicted octanol–water partition coefficient (Wildman–Crippen LogP) is 2.85. The first-order valence-corrected chi connectivity index (χ1v) is 7.72. The average Bonchev–Trinajstić information content (AvgIpc) is 2.62. The molecule has 0 aliphatic rings. The topological polar surface area (TPSA) is 68.9 Å². The molecular weight excluding hydrogens is 308 g/mol. The first-order chi connectivity index (χ1) is 11.8. The molecule has 24 heavy (non-hydrogen) atoms. The van der Waals surface area contributed by atoms with Crippen molar-refractivity contribution < 1.29 is 19.0 Å². The van der Waals surface area contributed by atoms with Crippen LogP contribution in [0.4, 0.5) is 0 Å². The van der Waals surface area contributed by atoms with Crippen LogP contribution in [0.3, 0.4) is 0 Å². The highest BCUT2D eigenvalue weighted by Gasteiger charge is 2.06. The third-order valence-electron chi connectivity index (χ3n) is 3.51. The van der Waals surface area contributed by atoms with Gasteiger partial charge in [0.2, 0.25) is 0 Å². The number of aliphatic hydroxyl groups excluding tert-OH is 1.